The first-order valence-corrected chi connectivity index (χ1v) is 6.89. The first-order chi connectivity index (χ1) is 10.1. The molecular formula is C14H6Cl3F5. The van der Waals surface area contributed by atoms with E-state index in [1.54, 1.807) is 0 Å². The maximum Gasteiger partial charge on any atom is 0.416 e. The Morgan fingerprint density at radius 2 is 1.45 bits per heavy atom. The van der Waals surface area contributed by atoms with E-state index in [2.05, 4.69) is 0 Å². The Bertz CT molecular complexity index is 710. The van der Waals surface area contributed by atoms with Crippen molar-refractivity contribution in [2.75, 3.05) is 0 Å². The lowest BCUT2D eigenvalue weighted by molar-refractivity contribution is -0.137. The Morgan fingerprint density at radius 3 is 2.00 bits per heavy atom. The number of hydrogen-bond acceptors (Lipinski definition) is 0. The van der Waals surface area contributed by atoms with Crippen molar-refractivity contribution in [2.24, 2.45) is 0 Å². The molecule has 2 aromatic carbocycles. The molecule has 0 unspecified atom stereocenters. The van der Waals surface area contributed by atoms with Gasteiger partial charge in [-0.1, -0.05) is 40.9 Å². The fourth-order valence-corrected chi connectivity index (χ4v) is 2.65. The maximum absolute atomic E-state index is 13.2. The molecule has 0 bridgehead atoms. The maximum atomic E-state index is 13.2. The molecule has 8 heteroatoms. The standard InChI is InChI=1S/C14H6Cl3F5/c15-9-3-4-10(16)12(17)11(9)7-2-1-6(14(20,21)22)5-8(7)13(18)19/h1-5,13H. The van der Waals surface area contributed by atoms with Gasteiger partial charge in [0.25, 0.3) is 6.43 Å². The summed E-state index contributed by atoms with van der Waals surface area (Å²) in [7, 11) is 0. The molecule has 22 heavy (non-hydrogen) atoms. The summed E-state index contributed by atoms with van der Waals surface area (Å²) in [6.45, 7) is 0. The van der Waals surface area contributed by atoms with Crippen molar-refractivity contribution in [3.63, 3.8) is 0 Å². The Labute approximate surface area is 137 Å². The fraction of sp³-hybridized carbons (Fsp3) is 0.143. The Morgan fingerprint density at radius 1 is 0.864 bits per heavy atom. The van der Waals surface area contributed by atoms with Crippen LogP contribution in [0.4, 0.5) is 22.0 Å². The lowest BCUT2D eigenvalue weighted by Crippen LogP contribution is -2.06. The first-order valence-electron chi connectivity index (χ1n) is 5.76. The molecule has 0 radical (unpaired) electrons. The summed E-state index contributed by atoms with van der Waals surface area (Å²) in [5.74, 6) is 0. The summed E-state index contributed by atoms with van der Waals surface area (Å²) in [6, 6.07) is 4.68. The van der Waals surface area contributed by atoms with Crippen LogP contribution in [0.1, 0.15) is 17.6 Å². The number of halogens is 8. The van der Waals surface area contributed by atoms with E-state index in [1.165, 1.54) is 12.1 Å². The van der Waals surface area contributed by atoms with Gasteiger partial charge in [-0.15, -0.1) is 0 Å². The molecule has 0 aliphatic heterocycles. The van der Waals surface area contributed by atoms with Crippen molar-refractivity contribution >= 4 is 34.8 Å². The van der Waals surface area contributed by atoms with Gasteiger partial charge in [-0.2, -0.15) is 13.2 Å². The lowest BCUT2D eigenvalue weighted by Gasteiger charge is -2.16. The van der Waals surface area contributed by atoms with E-state index in [9.17, 15) is 22.0 Å². The van der Waals surface area contributed by atoms with E-state index in [0.29, 0.717) is 12.1 Å². The van der Waals surface area contributed by atoms with Crippen molar-refractivity contribution in [1.82, 2.24) is 0 Å². The second-order valence-corrected chi connectivity index (χ2v) is 5.51. The van der Waals surface area contributed by atoms with E-state index in [-0.39, 0.29) is 26.2 Å². The van der Waals surface area contributed by atoms with E-state index < -0.39 is 23.7 Å². The quantitative estimate of drug-likeness (QED) is 0.382. The molecule has 0 aliphatic rings. The minimum Gasteiger partial charge on any atom is -0.205 e. The molecule has 0 aromatic heterocycles. The smallest absolute Gasteiger partial charge is 0.205 e. The molecule has 118 valence electrons. The molecule has 0 saturated heterocycles. The Kier molecular flexibility index (Phi) is 4.90. The predicted molar refractivity (Wildman–Crippen MR) is 76.9 cm³/mol. The molecule has 0 heterocycles. The Balaban J connectivity index is 2.74. The molecular weight excluding hydrogens is 370 g/mol. The third kappa shape index (κ3) is 3.31. The van der Waals surface area contributed by atoms with Crippen molar-refractivity contribution in [2.45, 2.75) is 12.6 Å². The van der Waals surface area contributed by atoms with E-state index in [0.717, 1.165) is 6.07 Å². The van der Waals surface area contributed by atoms with Crippen LogP contribution in [0.3, 0.4) is 0 Å². The topological polar surface area (TPSA) is 0 Å². The van der Waals surface area contributed by atoms with E-state index >= 15 is 0 Å². The van der Waals surface area contributed by atoms with Crippen LogP contribution >= 0.6 is 34.8 Å². The van der Waals surface area contributed by atoms with Gasteiger partial charge in [0.2, 0.25) is 0 Å². The zero-order chi connectivity index (χ0) is 16.7. The average Bonchev–Trinajstić information content (AvgIpc) is 2.42. The molecule has 2 aromatic rings. The van der Waals surface area contributed by atoms with Crippen LogP contribution in [0.25, 0.3) is 11.1 Å². The van der Waals surface area contributed by atoms with Gasteiger partial charge < -0.3 is 0 Å². The summed E-state index contributed by atoms with van der Waals surface area (Å²) >= 11 is 17.7. The summed E-state index contributed by atoms with van der Waals surface area (Å²) in [4.78, 5) is 0. The second-order valence-electron chi connectivity index (χ2n) is 4.32. The molecule has 0 spiro atoms. The van der Waals surface area contributed by atoms with E-state index in [1.807, 2.05) is 0 Å². The average molecular weight is 376 g/mol. The van der Waals surface area contributed by atoms with Crippen LogP contribution in [0.2, 0.25) is 15.1 Å². The summed E-state index contributed by atoms with van der Waals surface area (Å²) < 4.78 is 64.3. The van der Waals surface area contributed by atoms with Gasteiger partial charge >= 0.3 is 6.18 Å². The number of benzene rings is 2. The fourth-order valence-electron chi connectivity index (χ4n) is 1.92. The molecule has 0 atom stereocenters. The number of hydrogen-bond donors (Lipinski definition) is 0. The zero-order valence-corrected chi connectivity index (χ0v) is 12.8. The van der Waals surface area contributed by atoms with Gasteiger partial charge in [0.15, 0.2) is 0 Å². The van der Waals surface area contributed by atoms with Crippen LogP contribution in [0.5, 0.6) is 0 Å². The van der Waals surface area contributed by atoms with Crippen molar-refractivity contribution in [3.8, 4) is 11.1 Å². The van der Waals surface area contributed by atoms with Gasteiger partial charge in [0.1, 0.15) is 0 Å². The monoisotopic (exact) mass is 374 g/mol. The van der Waals surface area contributed by atoms with Gasteiger partial charge in [0.05, 0.1) is 20.6 Å². The lowest BCUT2D eigenvalue weighted by atomic mass is 9.97. The van der Waals surface area contributed by atoms with Crippen LogP contribution in [0.15, 0.2) is 30.3 Å². The molecule has 0 aliphatic carbocycles. The van der Waals surface area contributed by atoms with Crippen LogP contribution in [-0.4, -0.2) is 0 Å². The molecule has 0 N–H and O–H groups in total. The van der Waals surface area contributed by atoms with Gasteiger partial charge in [-0.3, -0.25) is 0 Å². The molecule has 0 saturated carbocycles. The zero-order valence-electron chi connectivity index (χ0n) is 10.5. The number of alkyl halides is 5. The van der Waals surface area contributed by atoms with Crippen LogP contribution in [0, 0.1) is 0 Å². The van der Waals surface area contributed by atoms with Crippen LogP contribution in [-0.2, 0) is 6.18 Å². The molecule has 0 fully saturated rings. The highest BCUT2D eigenvalue weighted by Gasteiger charge is 2.32. The van der Waals surface area contributed by atoms with Gasteiger partial charge in [-0.25, -0.2) is 8.78 Å². The molecule has 0 nitrogen and oxygen atoms in total. The molecule has 0 amide bonds. The van der Waals surface area contributed by atoms with Gasteiger partial charge in [0, 0.05) is 11.1 Å². The van der Waals surface area contributed by atoms with Crippen LogP contribution < -0.4 is 0 Å². The highest BCUT2D eigenvalue weighted by molar-refractivity contribution is 6.46. The van der Waals surface area contributed by atoms with Crippen molar-refractivity contribution < 1.29 is 22.0 Å². The second kappa shape index (κ2) is 6.22. The minimum atomic E-state index is -4.73. The first kappa shape index (κ1) is 17.3. The molecule has 2 rings (SSSR count). The van der Waals surface area contributed by atoms with Gasteiger partial charge in [-0.05, 0) is 29.8 Å². The Hall–Kier alpha value is -1.04. The normalized spacial score (nSPS) is 12.0. The van der Waals surface area contributed by atoms with E-state index in [4.69, 9.17) is 34.8 Å². The largest absolute Gasteiger partial charge is 0.416 e. The number of rotatable bonds is 2. The summed E-state index contributed by atoms with van der Waals surface area (Å²) in [5.41, 5.74) is -2.22. The minimum absolute atomic E-state index is 0.0102. The van der Waals surface area contributed by atoms with Crippen molar-refractivity contribution in [1.29, 1.82) is 0 Å². The predicted octanol–water partition coefficient (Wildman–Crippen LogP) is 7.27. The SMILES string of the molecule is FC(F)c1cc(C(F)(F)F)ccc1-c1c(Cl)ccc(Cl)c1Cl. The third-order valence-electron chi connectivity index (χ3n) is 2.93. The highest BCUT2D eigenvalue weighted by Crippen LogP contribution is 2.44. The van der Waals surface area contributed by atoms with Crippen molar-refractivity contribution in [3.05, 3.63) is 56.5 Å². The summed E-state index contributed by atoms with van der Waals surface area (Å²) in [5, 5.41) is -0.0342. The highest BCUT2D eigenvalue weighted by atomic mass is 35.5. The third-order valence-corrected chi connectivity index (χ3v) is 4.05. The summed E-state index contributed by atoms with van der Waals surface area (Å²) in [6.07, 6.45) is -7.87.